The van der Waals surface area contributed by atoms with Crippen molar-refractivity contribution in [2.75, 3.05) is 47.0 Å². The van der Waals surface area contributed by atoms with E-state index in [2.05, 4.69) is 25.1 Å². The van der Waals surface area contributed by atoms with Crippen LogP contribution in [0.3, 0.4) is 0 Å². The van der Waals surface area contributed by atoms with E-state index < -0.39 is 0 Å². The second-order valence-electron chi connectivity index (χ2n) is 7.29. The van der Waals surface area contributed by atoms with Crippen LogP contribution in [0.5, 0.6) is 0 Å². The molecule has 0 spiro atoms. The van der Waals surface area contributed by atoms with Crippen LogP contribution in [0, 0.1) is 12.7 Å². The molecule has 2 heterocycles. The Morgan fingerprint density at radius 1 is 1.03 bits per heavy atom. The predicted octanol–water partition coefficient (Wildman–Crippen LogP) is 3.98. The third kappa shape index (κ3) is 5.32. The number of hydrogen-bond acceptors (Lipinski definition) is 6. The maximum atomic E-state index is 14.0. The first-order chi connectivity index (χ1) is 15.1. The van der Waals surface area contributed by atoms with Gasteiger partial charge in [0.15, 0.2) is 0 Å². The molecule has 31 heavy (non-hydrogen) atoms. The quantitative estimate of drug-likeness (QED) is 0.465. The summed E-state index contributed by atoms with van der Waals surface area (Å²) < 4.78 is 14.0. The number of amides is 1. The number of carbonyl (C=O) groups excluding carboxylic acids is 1. The van der Waals surface area contributed by atoms with E-state index in [1.807, 2.05) is 49.4 Å². The first kappa shape index (κ1) is 21.1. The number of aryl methyl sites for hydroxylation is 1. The minimum absolute atomic E-state index is 0.0713. The molecule has 3 aromatic rings. The summed E-state index contributed by atoms with van der Waals surface area (Å²) in [4.78, 5) is 25.2. The van der Waals surface area contributed by atoms with Gasteiger partial charge in [-0.25, -0.2) is 14.4 Å². The number of anilines is 3. The molecule has 1 amide bonds. The topological polar surface area (TPSA) is 61.4 Å². The van der Waals surface area contributed by atoms with Gasteiger partial charge in [0, 0.05) is 37.9 Å². The monoisotopic (exact) mass is 437 g/mol. The number of thioether (sulfide) groups is 1. The van der Waals surface area contributed by atoms with Crippen molar-refractivity contribution in [3.05, 3.63) is 72.3 Å². The van der Waals surface area contributed by atoms with Crippen molar-refractivity contribution in [2.45, 2.75) is 11.9 Å². The molecular formula is C23H24FN5OS. The van der Waals surface area contributed by atoms with Gasteiger partial charge < -0.3 is 15.1 Å². The van der Waals surface area contributed by atoms with Crippen LogP contribution in [0.1, 0.15) is 5.56 Å². The first-order valence-electron chi connectivity index (χ1n) is 10.1. The Morgan fingerprint density at radius 3 is 2.52 bits per heavy atom. The third-order valence-corrected chi connectivity index (χ3v) is 6.12. The van der Waals surface area contributed by atoms with E-state index in [0.29, 0.717) is 18.8 Å². The van der Waals surface area contributed by atoms with Gasteiger partial charge in [0.1, 0.15) is 23.0 Å². The highest BCUT2D eigenvalue weighted by Gasteiger charge is 2.20. The molecule has 8 heteroatoms. The van der Waals surface area contributed by atoms with E-state index in [1.54, 1.807) is 6.07 Å². The molecule has 0 radical (unpaired) electrons. The third-order valence-electron chi connectivity index (χ3n) is 5.19. The Bertz CT molecular complexity index is 1060. The predicted molar refractivity (Wildman–Crippen MR) is 123 cm³/mol. The average Bonchev–Trinajstić information content (AvgIpc) is 2.80. The number of carbonyl (C=O) groups is 1. The average molecular weight is 438 g/mol. The summed E-state index contributed by atoms with van der Waals surface area (Å²) in [5.41, 5.74) is 2.49. The Kier molecular flexibility index (Phi) is 6.66. The number of nitrogens with one attached hydrogen (secondary N) is 1. The van der Waals surface area contributed by atoms with Gasteiger partial charge in [-0.3, -0.25) is 4.79 Å². The van der Waals surface area contributed by atoms with Crippen LogP contribution in [-0.2, 0) is 4.79 Å². The summed E-state index contributed by atoms with van der Waals surface area (Å²) in [6.45, 7) is 4.87. The van der Waals surface area contributed by atoms with Crippen LogP contribution in [0.2, 0.25) is 0 Å². The first-order valence-corrected chi connectivity index (χ1v) is 11.1. The lowest BCUT2D eigenvalue weighted by Crippen LogP contribution is -2.47. The largest absolute Gasteiger partial charge is 0.366 e. The Morgan fingerprint density at radius 2 is 1.74 bits per heavy atom. The summed E-state index contributed by atoms with van der Waals surface area (Å²) in [6.07, 6.45) is 1.53. The van der Waals surface area contributed by atoms with Gasteiger partial charge in [0.2, 0.25) is 5.91 Å². The maximum Gasteiger partial charge on any atom is 0.234 e. The molecule has 4 rings (SSSR count). The molecule has 0 unspecified atom stereocenters. The van der Waals surface area contributed by atoms with E-state index in [-0.39, 0.29) is 17.5 Å². The number of benzene rings is 2. The summed E-state index contributed by atoms with van der Waals surface area (Å²) >= 11 is 1.38. The molecule has 0 saturated carbocycles. The molecule has 1 fully saturated rings. The van der Waals surface area contributed by atoms with E-state index >= 15 is 0 Å². The van der Waals surface area contributed by atoms with Crippen molar-refractivity contribution >= 4 is 34.9 Å². The van der Waals surface area contributed by atoms with Gasteiger partial charge in [-0.15, -0.1) is 0 Å². The van der Waals surface area contributed by atoms with Gasteiger partial charge in [0.05, 0.1) is 11.4 Å². The van der Waals surface area contributed by atoms with Crippen LogP contribution in [0.4, 0.5) is 21.6 Å². The molecule has 1 saturated heterocycles. The van der Waals surface area contributed by atoms with E-state index in [4.69, 9.17) is 0 Å². The number of halogens is 1. The molecule has 1 N–H and O–H groups in total. The van der Waals surface area contributed by atoms with Gasteiger partial charge in [0.25, 0.3) is 0 Å². The normalized spacial score (nSPS) is 13.9. The van der Waals surface area contributed by atoms with Gasteiger partial charge in [-0.2, -0.15) is 0 Å². The molecule has 1 aromatic heterocycles. The highest BCUT2D eigenvalue weighted by molar-refractivity contribution is 7.99. The molecule has 2 aromatic carbocycles. The molecule has 0 bridgehead atoms. The van der Waals surface area contributed by atoms with Crippen molar-refractivity contribution in [1.29, 1.82) is 0 Å². The van der Waals surface area contributed by atoms with Crippen molar-refractivity contribution in [3.8, 4) is 0 Å². The fourth-order valence-corrected chi connectivity index (χ4v) is 4.17. The fourth-order valence-electron chi connectivity index (χ4n) is 3.51. The number of hydrogen-bond donors (Lipinski definition) is 1. The van der Waals surface area contributed by atoms with Crippen LogP contribution < -0.4 is 15.1 Å². The molecule has 160 valence electrons. The highest BCUT2D eigenvalue weighted by atomic mass is 32.2. The molecule has 0 aliphatic carbocycles. The van der Waals surface area contributed by atoms with Gasteiger partial charge >= 0.3 is 0 Å². The Balaban J connectivity index is 1.32. The number of piperazine rings is 1. The second kappa shape index (κ2) is 9.78. The minimum atomic E-state index is -0.194. The smallest absolute Gasteiger partial charge is 0.234 e. The zero-order valence-corrected chi connectivity index (χ0v) is 18.1. The zero-order chi connectivity index (χ0) is 21.6. The summed E-state index contributed by atoms with van der Waals surface area (Å²) in [7, 11) is 0. The van der Waals surface area contributed by atoms with Crippen molar-refractivity contribution in [1.82, 2.24) is 9.97 Å². The van der Waals surface area contributed by atoms with Crippen LogP contribution in [0.25, 0.3) is 0 Å². The highest BCUT2D eigenvalue weighted by Crippen LogP contribution is 2.24. The van der Waals surface area contributed by atoms with Crippen LogP contribution in [0.15, 0.2) is 66.0 Å². The standard InChI is InChI=1S/C23H24FN5OS/c1-17-6-2-4-8-19(17)27-22(30)15-31-23-14-21(25-16-26-23)29-12-10-28(11-13-29)20-9-5-3-7-18(20)24/h2-9,14,16H,10-13,15H2,1H3,(H,27,30). The summed E-state index contributed by atoms with van der Waals surface area (Å²) in [6, 6.07) is 16.5. The van der Waals surface area contributed by atoms with Gasteiger partial charge in [-0.1, -0.05) is 42.1 Å². The molecule has 1 aliphatic rings. The molecule has 1 aliphatic heterocycles. The Labute approximate surface area is 185 Å². The number of nitrogens with zero attached hydrogens (tertiary/aromatic N) is 4. The number of rotatable bonds is 6. The van der Waals surface area contributed by atoms with Crippen LogP contribution in [-0.4, -0.2) is 47.8 Å². The molecule has 6 nitrogen and oxygen atoms in total. The van der Waals surface area contributed by atoms with Crippen molar-refractivity contribution in [2.24, 2.45) is 0 Å². The van der Waals surface area contributed by atoms with E-state index in [1.165, 1.54) is 24.2 Å². The van der Waals surface area contributed by atoms with E-state index in [9.17, 15) is 9.18 Å². The van der Waals surface area contributed by atoms with Crippen molar-refractivity contribution in [3.63, 3.8) is 0 Å². The lowest BCUT2D eigenvalue weighted by Gasteiger charge is -2.36. The Hall–Kier alpha value is -3.13. The lowest BCUT2D eigenvalue weighted by atomic mass is 10.2. The second-order valence-corrected chi connectivity index (χ2v) is 8.29. The summed E-state index contributed by atoms with van der Waals surface area (Å²) in [5.74, 6) is 0.829. The maximum absolute atomic E-state index is 14.0. The SMILES string of the molecule is Cc1ccccc1NC(=O)CSc1cc(N2CCN(c3ccccc3F)CC2)ncn1. The fraction of sp³-hybridized carbons (Fsp3) is 0.261. The van der Waals surface area contributed by atoms with Crippen molar-refractivity contribution < 1.29 is 9.18 Å². The van der Waals surface area contributed by atoms with Gasteiger partial charge in [-0.05, 0) is 30.7 Å². The molecule has 0 atom stereocenters. The number of aromatic nitrogens is 2. The van der Waals surface area contributed by atoms with E-state index in [0.717, 1.165) is 35.2 Å². The minimum Gasteiger partial charge on any atom is -0.366 e. The summed E-state index contributed by atoms with van der Waals surface area (Å²) in [5, 5.41) is 3.69. The number of para-hydroxylation sites is 2. The van der Waals surface area contributed by atoms with Crippen LogP contribution >= 0.6 is 11.8 Å². The molecular weight excluding hydrogens is 413 g/mol. The lowest BCUT2D eigenvalue weighted by molar-refractivity contribution is -0.113. The zero-order valence-electron chi connectivity index (χ0n) is 17.3.